The van der Waals surface area contributed by atoms with Crippen molar-refractivity contribution in [2.75, 3.05) is 26.2 Å². The maximum Gasteiger partial charge on any atom is 0.245 e. The fraction of sp³-hybridized carbons (Fsp3) is 0.409. The van der Waals surface area contributed by atoms with E-state index in [9.17, 15) is 13.2 Å². The Morgan fingerprint density at radius 1 is 1.03 bits per heavy atom. The standard InChI is InChI=1S/C22H26N4O3S2/c1-16(2)18-9-6-17(7-10-18)8-11-21(27)25-12-14-26(15-13-25)31(28,29)20-5-3-4-19-22(20)24-30-23-19/h3-7,9-10,16H,8,11-15H2,1-2H3. The van der Waals surface area contributed by atoms with Crippen LogP contribution >= 0.6 is 11.7 Å². The van der Waals surface area contributed by atoms with E-state index in [1.165, 1.54) is 9.87 Å². The largest absolute Gasteiger partial charge is 0.340 e. The molecule has 0 saturated carbocycles. The molecule has 0 aliphatic carbocycles. The summed E-state index contributed by atoms with van der Waals surface area (Å²) in [6.07, 6.45) is 1.12. The zero-order valence-electron chi connectivity index (χ0n) is 17.7. The van der Waals surface area contributed by atoms with E-state index in [0.29, 0.717) is 42.9 Å². The molecule has 7 nitrogen and oxygen atoms in total. The summed E-state index contributed by atoms with van der Waals surface area (Å²) in [6, 6.07) is 13.4. The van der Waals surface area contributed by atoms with E-state index < -0.39 is 10.0 Å². The third-order valence-corrected chi connectivity index (χ3v) is 8.20. The fourth-order valence-electron chi connectivity index (χ4n) is 3.79. The number of hydrogen-bond donors (Lipinski definition) is 0. The molecule has 1 amide bonds. The van der Waals surface area contributed by atoms with Gasteiger partial charge >= 0.3 is 0 Å². The Morgan fingerprint density at radius 2 is 1.74 bits per heavy atom. The van der Waals surface area contributed by atoms with Crippen LogP contribution in [0.2, 0.25) is 0 Å². The molecule has 0 radical (unpaired) electrons. The molecular weight excluding hydrogens is 432 g/mol. The van der Waals surface area contributed by atoms with Crippen molar-refractivity contribution in [1.29, 1.82) is 0 Å². The Kier molecular flexibility index (Phi) is 6.36. The molecule has 1 aromatic heterocycles. The second-order valence-electron chi connectivity index (χ2n) is 8.07. The predicted molar refractivity (Wildman–Crippen MR) is 122 cm³/mol. The van der Waals surface area contributed by atoms with Crippen LogP contribution in [-0.2, 0) is 21.2 Å². The average molecular weight is 459 g/mol. The predicted octanol–water partition coefficient (Wildman–Crippen LogP) is 3.28. The highest BCUT2D eigenvalue weighted by atomic mass is 32.2. The summed E-state index contributed by atoms with van der Waals surface area (Å²) in [5.41, 5.74) is 3.43. The van der Waals surface area contributed by atoms with Crippen LogP contribution < -0.4 is 0 Å². The minimum Gasteiger partial charge on any atom is -0.340 e. The van der Waals surface area contributed by atoms with Crippen LogP contribution in [0.3, 0.4) is 0 Å². The lowest BCUT2D eigenvalue weighted by Crippen LogP contribution is -2.50. The molecule has 31 heavy (non-hydrogen) atoms. The van der Waals surface area contributed by atoms with Gasteiger partial charge in [-0.25, -0.2) is 8.42 Å². The monoisotopic (exact) mass is 458 g/mol. The first kappa shape index (κ1) is 21.9. The van der Waals surface area contributed by atoms with Crippen LogP contribution in [0.15, 0.2) is 47.4 Å². The van der Waals surface area contributed by atoms with Gasteiger partial charge in [-0.2, -0.15) is 13.1 Å². The SMILES string of the molecule is CC(C)c1ccc(CCC(=O)N2CCN(S(=O)(=O)c3cccc4nsnc34)CC2)cc1. The lowest BCUT2D eigenvalue weighted by molar-refractivity contribution is -0.132. The number of nitrogens with zero attached hydrogens (tertiary/aromatic N) is 4. The van der Waals surface area contributed by atoms with Gasteiger partial charge in [-0.1, -0.05) is 44.2 Å². The molecule has 2 heterocycles. The summed E-state index contributed by atoms with van der Waals surface area (Å²) < 4.78 is 36.0. The van der Waals surface area contributed by atoms with Crippen LogP contribution in [0.4, 0.5) is 0 Å². The molecule has 1 fully saturated rings. The Labute approximate surface area is 187 Å². The smallest absolute Gasteiger partial charge is 0.245 e. The second kappa shape index (κ2) is 9.02. The average Bonchev–Trinajstić information content (AvgIpc) is 3.26. The van der Waals surface area contributed by atoms with Gasteiger partial charge in [0.2, 0.25) is 15.9 Å². The molecule has 0 spiro atoms. The fourth-order valence-corrected chi connectivity index (χ4v) is 5.96. The highest BCUT2D eigenvalue weighted by Crippen LogP contribution is 2.25. The minimum absolute atomic E-state index is 0.0655. The first-order chi connectivity index (χ1) is 14.9. The molecule has 4 rings (SSSR count). The van der Waals surface area contributed by atoms with Crippen molar-refractivity contribution >= 4 is 38.7 Å². The van der Waals surface area contributed by atoms with Crippen molar-refractivity contribution in [1.82, 2.24) is 18.0 Å². The van der Waals surface area contributed by atoms with Gasteiger partial charge in [-0.15, -0.1) is 0 Å². The van der Waals surface area contributed by atoms with E-state index in [-0.39, 0.29) is 23.9 Å². The summed E-state index contributed by atoms with van der Waals surface area (Å²) in [4.78, 5) is 14.6. The van der Waals surface area contributed by atoms with E-state index in [2.05, 4.69) is 46.9 Å². The molecule has 0 atom stereocenters. The normalized spacial score (nSPS) is 15.6. The number of rotatable bonds is 6. The maximum absolute atomic E-state index is 13.1. The van der Waals surface area contributed by atoms with Crippen LogP contribution in [0.1, 0.15) is 37.3 Å². The topological polar surface area (TPSA) is 83.5 Å². The number of aromatic nitrogens is 2. The molecule has 0 N–H and O–H groups in total. The molecule has 1 aliphatic heterocycles. The molecule has 164 valence electrons. The van der Waals surface area contributed by atoms with Crippen molar-refractivity contribution in [3.8, 4) is 0 Å². The van der Waals surface area contributed by atoms with Gasteiger partial charge in [0.1, 0.15) is 15.9 Å². The van der Waals surface area contributed by atoms with E-state index in [1.54, 1.807) is 23.1 Å². The molecule has 0 unspecified atom stereocenters. The zero-order valence-corrected chi connectivity index (χ0v) is 19.3. The molecule has 9 heteroatoms. The number of carbonyl (C=O) groups is 1. The quantitative estimate of drug-likeness (QED) is 0.566. The molecular formula is C22H26N4O3S2. The highest BCUT2D eigenvalue weighted by molar-refractivity contribution is 7.89. The first-order valence-corrected chi connectivity index (χ1v) is 12.6. The summed E-state index contributed by atoms with van der Waals surface area (Å²) in [7, 11) is -3.67. The van der Waals surface area contributed by atoms with Gasteiger partial charge in [-0.3, -0.25) is 4.79 Å². The lowest BCUT2D eigenvalue weighted by Gasteiger charge is -2.34. The van der Waals surface area contributed by atoms with Gasteiger partial charge < -0.3 is 4.90 Å². The molecule has 0 bridgehead atoms. The van der Waals surface area contributed by atoms with Crippen molar-refractivity contribution in [3.05, 3.63) is 53.6 Å². The number of carbonyl (C=O) groups excluding carboxylic acids is 1. The Hall–Kier alpha value is -2.36. The van der Waals surface area contributed by atoms with Crippen molar-refractivity contribution in [2.24, 2.45) is 0 Å². The Bertz CT molecular complexity index is 1160. The van der Waals surface area contributed by atoms with Gasteiger partial charge in [0.15, 0.2) is 0 Å². The van der Waals surface area contributed by atoms with Crippen molar-refractivity contribution < 1.29 is 13.2 Å². The number of aryl methyl sites for hydroxylation is 1. The molecule has 3 aromatic rings. The molecule has 2 aromatic carbocycles. The van der Waals surface area contributed by atoms with E-state index in [4.69, 9.17) is 0 Å². The van der Waals surface area contributed by atoms with Crippen LogP contribution in [0, 0.1) is 0 Å². The van der Waals surface area contributed by atoms with Gasteiger partial charge in [0, 0.05) is 32.6 Å². The number of amides is 1. The number of benzene rings is 2. The molecule has 1 aliphatic rings. The summed E-state index contributed by atoms with van der Waals surface area (Å²) in [5, 5.41) is 0. The maximum atomic E-state index is 13.1. The summed E-state index contributed by atoms with van der Waals surface area (Å²) in [5.74, 6) is 0.554. The highest BCUT2D eigenvalue weighted by Gasteiger charge is 2.31. The van der Waals surface area contributed by atoms with Crippen LogP contribution in [0.5, 0.6) is 0 Å². The second-order valence-corrected chi connectivity index (χ2v) is 10.5. The van der Waals surface area contributed by atoms with Gasteiger partial charge in [0.25, 0.3) is 0 Å². The number of piperazine rings is 1. The number of fused-ring (bicyclic) bond motifs is 1. The summed E-state index contributed by atoms with van der Waals surface area (Å²) in [6.45, 7) is 5.68. The third kappa shape index (κ3) is 4.63. The number of hydrogen-bond acceptors (Lipinski definition) is 6. The van der Waals surface area contributed by atoms with Crippen molar-refractivity contribution in [3.63, 3.8) is 0 Å². The zero-order chi connectivity index (χ0) is 22.0. The van der Waals surface area contributed by atoms with Gasteiger partial charge in [-0.05, 0) is 35.6 Å². The van der Waals surface area contributed by atoms with E-state index in [0.717, 1.165) is 17.3 Å². The lowest BCUT2D eigenvalue weighted by atomic mass is 10.00. The minimum atomic E-state index is -3.67. The Balaban J connectivity index is 1.34. The Morgan fingerprint density at radius 3 is 2.42 bits per heavy atom. The molecule has 1 saturated heterocycles. The van der Waals surface area contributed by atoms with E-state index >= 15 is 0 Å². The van der Waals surface area contributed by atoms with Crippen molar-refractivity contribution in [2.45, 2.75) is 37.5 Å². The van der Waals surface area contributed by atoms with Crippen LogP contribution in [0.25, 0.3) is 11.0 Å². The first-order valence-electron chi connectivity index (χ1n) is 10.4. The number of sulfonamides is 1. The van der Waals surface area contributed by atoms with Gasteiger partial charge in [0.05, 0.1) is 11.7 Å². The van der Waals surface area contributed by atoms with Crippen LogP contribution in [-0.4, -0.2) is 58.5 Å². The van der Waals surface area contributed by atoms with E-state index in [1.807, 2.05) is 0 Å². The summed E-state index contributed by atoms with van der Waals surface area (Å²) >= 11 is 1.00. The third-order valence-electron chi connectivity index (χ3n) is 5.73.